The van der Waals surface area contributed by atoms with Gasteiger partial charge in [-0.05, 0) is 12.8 Å². The Hall–Kier alpha value is -0.110. The van der Waals surface area contributed by atoms with E-state index in [1.54, 1.807) is 0 Å². The monoisotopic (exact) mass is 90.0 g/mol. The summed E-state index contributed by atoms with van der Waals surface area (Å²) in [5.74, 6) is 0. The minimum Gasteiger partial charge on any atom is -0.390 e. The molecule has 1 fully saturated rings. The molecule has 0 amide bonds. The van der Waals surface area contributed by atoms with Crippen molar-refractivity contribution >= 4 is 0 Å². The topological polar surface area (TPSA) is 20.2 Å². The molecule has 2 heteroatoms. The van der Waals surface area contributed by atoms with E-state index in [4.69, 9.17) is 5.11 Å². The zero-order valence-electron chi connectivity index (χ0n) is 3.39. The molecule has 1 rings (SSSR count). The number of hydrogen-bond acceptors (Lipinski definition) is 1. The van der Waals surface area contributed by atoms with Crippen LogP contribution in [0.3, 0.4) is 0 Å². The van der Waals surface area contributed by atoms with E-state index >= 15 is 0 Å². The Bertz CT molecular complexity index is 47.5. The molecule has 2 atom stereocenters. The number of aliphatic hydroxyl groups is 1. The molecule has 6 heavy (non-hydrogen) atoms. The summed E-state index contributed by atoms with van der Waals surface area (Å²) in [6, 6.07) is 0. The normalized spacial score (nSPS) is 45.0. The average Bonchev–Trinajstić information content (AvgIpc) is 1.61. The molecule has 0 aromatic rings. The second kappa shape index (κ2) is 1.19. The number of aliphatic hydroxyl groups excluding tert-OH is 1. The predicted octanol–water partition coefficient (Wildman–Crippen LogP) is 0.479. The van der Waals surface area contributed by atoms with Gasteiger partial charge in [0.05, 0.1) is 6.10 Å². The maximum atomic E-state index is 11.7. The van der Waals surface area contributed by atoms with Gasteiger partial charge in [-0.25, -0.2) is 4.39 Å². The van der Waals surface area contributed by atoms with Crippen molar-refractivity contribution in [3.63, 3.8) is 0 Å². The van der Waals surface area contributed by atoms with E-state index in [0.717, 1.165) is 0 Å². The molecule has 0 aliphatic heterocycles. The van der Waals surface area contributed by atoms with E-state index in [1.807, 2.05) is 0 Å². The summed E-state index contributed by atoms with van der Waals surface area (Å²) < 4.78 is 11.7. The summed E-state index contributed by atoms with van der Waals surface area (Å²) in [7, 11) is 0. The van der Waals surface area contributed by atoms with Crippen molar-refractivity contribution in [1.82, 2.24) is 0 Å². The maximum absolute atomic E-state index is 11.7. The Labute approximate surface area is 35.8 Å². The molecule has 0 heterocycles. The zero-order chi connectivity index (χ0) is 4.57. The minimum absolute atomic E-state index is 0.557. The summed E-state index contributed by atoms with van der Waals surface area (Å²) in [5.41, 5.74) is 0. The first-order chi connectivity index (χ1) is 2.80. The molecule has 0 spiro atoms. The SMILES string of the molecule is OC1CCC1F. The molecule has 1 nitrogen and oxygen atoms in total. The van der Waals surface area contributed by atoms with Crippen molar-refractivity contribution in [2.75, 3.05) is 0 Å². The summed E-state index contributed by atoms with van der Waals surface area (Å²) in [4.78, 5) is 0. The third kappa shape index (κ3) is 0.411. The van der Waals surface area contributed by atoms with Crippen LogP contribution in [0.2, 0.25) is 0 Å². The minimum atomic E-state index is -0.912. The lowest BCUT2D eigenvalue weighted by Crippen LogP contribution is -2.32. The molecular weight excluding hydrogens is 83.0 g/mol. The van der Waals surface area contributed by atoms with Gasteiger partial charge in [0.2, 0.25) is 0 Å². The number of rotatable bonds is 0. The smallest absolute Gasteiger partial charge is 0.126 e. The molecule has 1 N–H and O–H groups in total. The Balaban J connectivity index is 2.20. The van der Waals surface area contributed by atoms with E-state index in [0.29, 0.717) is 12.8 Å². The summed E-state index contributed by atoms with van der Waals surface area (Å²) in [5, 5.41) is 8.34. The van der Waals surface area contributed by atoms with Gasteiger partial charge >= 0.3 is 0 Å². The fourth-order valence-corrected chi connectivity index (χ4v) is 0.442. The lowest BCUT2D eigenvalue weighted by Gasteiger charge is -2.24. The average molecular weight is 90.1 g/mol. The first-order valence-electron chi connectivity index (χ1n) is 2.13. The van der Waals surface area contributed by atoms with Gasteiger partial charge in [-0.2, -0.15) is 0 Å². The maximum Gasteiger partial charge on any atom is 0.126 e. The van der Waals surface area contributed by atoms with Gasteiger partial charge in [0, 0.05) is 0 Å². The molecule has 1 saturated carbocycles. The van der Waals surface area contributed by atoms with Crippen LogP contribution < -0.4 is 0 Å². The molecule has 0 saturated heterocycles. The van der Waals surface area contributed by atoms with Crippen molar-refractivity contribution < 1.29 is 9.50 Å². The first kappa shape index (κ1) is 4.06. The van der Waals surface area contributed by atoms with Crippen LogP contribution in [0.1, 0.15) is 12.8 Å². The molecule has 0 aromatic carbocycles. The lowest BCUT2D eigenvalue weighted by molar-refractivity contribution is -0.000127. The first-order valence-corrected chi connectivity index (χ1v) is 2.13. The van der Waals surface area contributed by atoms with Gasteiger partial charge in [0.1, 0.15) is 6.17 Å². The van der Waals surface area contributed by atoms with Crippen LogP contribution in [-0.4, -0.2) is 17.4 Å². The van der Waals surface area contributed by atoms with Gasteiger partial charge in [0.15, 0.2) is 0 Å². The van der Waals surface area contributed by atoms with Crippen LogP contribution in [0.25, 0.3) is 0 Å². The second-order valence-corrected chi connectivity index (χ2v) is 1.66. The molecule has 0 aromatic heterocycles. The highest BCUT2D eigenvalue weighted by molar-refractivity contribution is 4.78. The van der Waals surface area contributed by atoms with Gasteiger partial charge in [-0.1, -0.05) is 0 Å². The van der Waals surface area contributed by atoms with Crippen LogP contribution >= 0.6 is 0 Å². The fraction of sp³-hybridized carbons (Fsp3) is 1.00. The van der Waals surface area contributed by atoms with Crippen LogP contribution in [0.5, 0.6) is 0 Å². The van der Waals surface area contributed by atoms with Crippen LogP contribution in [0.4, 0.5) is 4.39 Å². The highest BCUT2D eigenvalue weighted by atomic mass is 19.1. The molecule has 1 aliphatic rings. The number of alkyl halides is 1. The van der Waals surface area contributed by atoms with Gasteiger partial charge in [-0.15, -0.1) is 0 Å². The molecule has 1 aliphatic carbocycles. The van der Waals surface area contributed by atoms with Crippen molar-refractivity contribution in [3.05, 3.63) is 0 Å². The van der Waals surface area contributed by atoms with E-state index in [1.165, 1.54) is 0 Å². The summed E-state index contributed by atoms with van der Waals surface area (Å²) in [6.45, 7) is 0. The quantitative estimate of drug-likeness (QED) is 0.458. The second-order valence-electron chi connectivity index (χ2n) is 1.66. The van der Waals surface area contributed by atoms with Crippen molar-refractivity contribution in [1.29, 1.82) is 0 Å². The number of halogens is 1. The fourth-order valence-electron chi connectivity index (χ4n) is 0.442. The Morgan fingerprint density at radius 3 is 2.00 bits per heavy atom. The van der Waals surface area contributed by atoms with Gasteiger partial charge < -0.3 is 5.11 Å². The molecule has 0 bridgehead atoms. The van der Waals surface area contributed by atoms with E-state index in [9.17, 15) is 4.39 Å². The highest BCUT2D eigenvalue weighted by Gasteiger charge is 2.27. The predicted molar refractivity (Wildman–Crippen MR) is 20.1 cm³/mol. The third-order valence-electron chi connectivity index (χ3n) is 1.16. The zero-order valence-corrected chi connectivity index (χ0v) is 3.39. The van der Waals surface area contributed by atoms with Gasteiger partial charge in [-0.3, -0.25) is 0 Å². The number of hydrogen-bond donors (Lipinski definition) is 1. The lowest BCUT2D eigenvalue weighted by atomic mass is 9.94. The Morgan fingerprint density at radius 2 is 2.00 bits per heavy atom. The Kier molecular flexibility index (Phi) is 0.804. The van der Waals surface area contributed by atoms with Gasteiger partial charge in [0.25, 0.3) is 0 Å². The molecule has 0 radical (unpaired) electrons. The van der Waals surface area contributed by atoms with E-state index < -0.39 is 12.3 Å². The van der Waals surface area contributed by atoms with Crippen molar-refractivity contribution in [2.24, 2.45) is 0 Å². The highest BCUT2D eigenvalue weighted by Crippen LogP contribution is 2.21. The van der Waals surface area contributed by atoms with Crippen LogP contribution in [0, 0.1) is 0 Å². The third-order valence-corrected chi connectivity index (χ3v) is 1.16. The molecule has 36 valence electrons. The van der Waals surface area contributed by atoms with Crippen molar-refractivity contribution in [3.8, 4) is 0 Å². The molecule has 2 unspecified atom stereocenters. The summed E-state index contributed by atoms with van der Waals surface area (Å²) in [6.07, 6.45) is -0.336. The van der Waals surface area contributed by atoms with E-state index in [-0.39, 0.29) is 0 Å². The summed E-state index contributed by atoms with van der Waals surface area (Å²) >= 11 is 0. The largest absolute Gasteiger partial charge is 0.390 e. The van der Waals surface area contributed by atoms with Crippen LogP contribution in [-0.2, 0) is 0 Å². The van der Waals surface area contributed by atoms with Crippen molar-refractivity contribution in [2.45, 2.75) is 25.1 Å². The Morgan fingerprint density at radius 1 is 1.50 bits per heavy atom. The standard InChI is InChI=1S/C4H7FO/c5-3-1-2-4(3)6/h3-4,6H,1-2H2. The van der Waals surface area contributed by atoms with E-state index in [2.05, 4.69) is 0 Å². The van der Waals surface area contributed by atoms with Crippen LogP contribution in [0.15, 0.2) is 0 Å². The molecular formula is C4H7FO.